The third-order valence-electron chi connectivity index (χ3n) is 3.19. The van der Waals surface area contributed by atoms with Crippen LogP contribution in [0, 0.1) is 0 Å². The zero-order valence-corrected chi connectivity index (χ0v) is 10.7. The molecule has 1 aromatic carbocycles. The average Bonchev–Trinajstić information content (AvgIpc) is 2.98. The zero-order chi connectivity index (χ0) is 13.9. The quantitative estimate of drug-likeness (QED) is 0.801. The first-order valence-corrected chi connectivity index (χ1v) is 6.38. The molecule has 104 valence electrons. The Hall–Kier alpha value is -2.02. The summed E-state index contributed by atoms with van der Waals surface area (Å²) >= 11 is 0. The summed E-state index contributed by atoms with van der Waals surface area (Å²) in [6.07, 6.45) is 3.27. The minimum absolute atomic E-state index is 0.241. The van der Waals surface area contributed by atoms with Crippen molar-refractivity contribution in [2.45, 2.75) is 18.3 Å². The summed E-state index contributed by atoms with van der Waals surface area (Å²) < 4.78 is 7.24. The molecule has 0 fully saturated rings. The van der Waals surface area contributed by atoms with Crippen molar-refractivity contribution in [3.05, 3.63) is 54.4 Å². The normalized spacial score (nSPS) is 25.8. The standard InChI is InChI=1S/C14H15N3O3/c18-9-14-12(19)6-7-13(20-14)11-8-17(16-15-11)10-4-2-1-3-5-10/h1-8,12-14,18-19H,9H2/t12-,13-,14+/m0/s1. The van der Waals surface area contributed by atoms with Gasteiger partial charge < -0.3 is 14.9 Å². The maximum absolute atomic E-state index is 9.60. The maximum Gasteiger partial charge on any atom is 0.122 e. The highest BCUT2D eigenvalue weighted by molar-refractivity contribution is 5.30. The highest BCUT2D eigenvalue weighted by Crippen LogP contribution is 2.25. The molecule has 2 heterocycles. The first kappa shape index (κ1) is 13.0. The number of aromatic nitrogens is 3. The molecule has 3 atom stereocenters. The Morgan fingerprint density at radius 2 is 2.00 bits per heavy atom. The molecule has 2 aromatic rings. The third kappa shape index (κ3) is 2.49. The van der Waals surface area contributed by atoms with Gasteiger partial charge in [-0.3, -0.25) is 0 Å². The van der Waals surface area contributed by atoms with Gasteiger partial charge in [-0.25, -0.2) is 4.68 Å². The van der Waals surface area contributed by atoms with E-state index in [1.807, 2.05) is 30.3 Å². The van der Waals surface area contributed by atoms with Crippen LogP contribution in [0.2, 0.25) is 0 Å². The fourth-order valence-electron chi connectivity index (χ4n) is 2.09. The lowest BCUT2D eigenvalue weighted by atomic mass is 10.1. The topological polar surface area (TPSA) is 80.4 Å². The van der Waals surface area contributed by atoms with Crippen LogP contribution in [-0.2, 0) is 4.74 Å². The lowest BCUT2D eigenvalue weighted by Crippen LogP contribution is -2.35. The van der Waals surface area contributed by atoms with Crippen molar-refractivity contribution in [1.29, 1.82) is 0 Å². The molecule has 0 amide bonds. The van der Waals surface area contributed by atoms with Crippen molar-refractivity contribution in [2.75, 3.05) is 6.61 Å². The summed E-state index contributed by atoms with van der Waals surface area (Å²) in [7, 11) is 0. The largest absolute Gasteiger partial charge is 0.394 e. The number of para-hydroxylation sites is 1. The summed E-state index contributed by atoms with van der Waals surface area (Å²) in [5, 5.41) is 26.9. The number of aliphatic hydroxyl groups is 2. The second-order valence-corrected chi connectivity index (χ2v) is 4.58. The van der Waals surface area contributed by atoms with Crippen LogP contribution in [0.5, 0.6) is 0 Å². The number of benzene rings is 1. The van der Waals surface area contributed by atoms with Gasteiger partial charge >= 0.3 is 0 Å². The molecule has 0 saturated heterocycles. The summed E-state index contributed by atoms with van der Waals surface area (Å²) in [5.41, 5.74) is 1.54. The van der Waals surface area contributed by atoms with Gasteiger partial charge in [0.05, 0.1) is 18.5 Å². The van der Waals surface area contributed by atoms with Crippen LogP contribution < -0.4 is 0 Å². The Morgan fingerprint density at radius 1 is 1.20 bits per heavy atom. The SMILES string of the molecule is OC[C@H]1O[C@H](c2cn(-c3ccccc3)nn2)C=C[C@@H]1O. The van der Waals surface area contributed by atoms with Gasteiger partial charge in [0.15, 0.2) is 0 Å². The van der Waals surface area contributed by atoms with E-state index in [0.29, 0.717) is 5.69 Å². The van der Waals surface area contributed by atoms with Crippen LogP contribution in [0.15, 0.2) is 48.7 Å². The van der Waals surface area contributed by atoms with Gasteiger partial charge in [-0.05, 0) is 12.1 Å². The molecule has 0 unspecified atom stereocenters. The van der Waals surface area contributed by atoms with Crippen molar-refractivity contribution in [2.24, 2.45) is 0 Å². The smallest absolute Gasteiger partial charge is 0.122 e. The van der Waals surface area contributed by atoms with Gasteiger partial charge in [0.1, 0.15) is 24.0 Å². The Labute approximate surface area is 115 Å². The fourth-order valence-corrected chi connectivity index (χ4v) is 2.09. The molecule has 1 aliphatic heterocycles. The molecular formula is C14H15N3O3. The lowest BCUT2D eigenvalue weighted by Gasteiger charge is -2.27. The Balaban J connectivity index is 1.82. The van der Waals surface area contributed by atoms with Gasteiger partial charge in [-0.1, -0.05) is 35.6 Å². The predicted octanol–water partition coefficient (Wildman–Crippen LogP) is 0.617. The number of nitrogens with zero attached hydrogens (tertiary/aromatic N) is 3. The number of hydrogen-bond donors (Lipinski definition) is 2. The van der Waals surface area contributed by atoms with Crippen LogP contribution >= 0.6 is 0 Å². The molecule has 1 aromatic heterocycles. The van der Waals surface area contributed by atoms with Crippen LogP contribution in [-0.4, -0.2) is 44.0 Å². The van der Waals surface area contributed by atoms with E-state index >= 15 is 0 Å². The molecule has 0 radical (unpaired) electrons. The number of ether oxygens (including phenoxy) is 1. The lowest BCUT2D eigenvalue weighted by molar-refractivity contribution is -0.0816. The molecule has 6 heteroatoms. The Bertz CT molecular complexity index is 597. The van der Waals surface area contributed by atoms with Crippen molar-refractivity contribution in [3.8, 4) is 5.69 Å². The number of rotatable bonds is 3. The van der Waals surface area contributed by atoms with Crippen molar-refractivity contribution >= 4 is 0 Å². The molecule has 0 aliphatic carbocycles. The molecule has 0 bridgehead atoms. The first-order chi connectivity index (χ1) is 9.78. The van der Waals surface area contributed by atoms with Gasteiger partial charge in [-0.15, -0.1) is 5.10 Å². The molecule has 20 heavy (non-hydrogen) atoms. The second kappa shape index (κ2) is 5.54. The number of hydrogen-bond acceptors (Lipinski definition) is 5. The molecule has 0 spiro atoms. The molecule has 0 saturated carbocycles. The highest BCUT2D eigenvalue weighted by Gasteiger charge is 2.27. The Kier molecular flexibility index (Phi) is 3.60. The van der Waals surface area contributed by atoms with E-state index in [9.17, 15) is 5.11 Å². The highest BCUT2D eigenvalue weighted by atomic mass is 16.5. The first-order valence-electron chi connectivity index (χ1n) is 6.38. The van der Waals surface area contributed by atoms with Gasteiger partial charge in [0.2, 0.25) is 0 Å². The van der Waals surface area contributed by atoms with E-state index in [0.717, 1.165) is 5.69 Å². The van der Waals surface area contributed by atoms with E-state index in [1.165, 1.54) is 0 Å². The maximum atomic E-state index is 9.60. The van der Waals surface area contributed by atoms with E-state index < -0.39 is 18.3 Å². The number of aliphatic hydroxyl groups excluding tert-OH is 2. The molecule has 2 N–H and O–H groups in total. The second-order valence-electron chi connectivity index (χ2n) is 4.58. The van der Waals surface area contributed by atoms with E-state index in [4.69, 9.17) is 9.84 Å². The van der Waals surface area contributed by atoms with E-state index in [2.05, 4.69) is 10.3 Å². The Morgan fingerprint density at radius 3 is 2.75 bits per heavy atom. The summed E-state index contributed by atoms with van der Waals surface area (Å²) in [6, 6.07) is 9.63. The fraction of sp³-hybridized carbons (Fsp3) is 0.286. The minimum atomic E-state index is -0.791. The average molecular weight is 273 g/mol. The van der Waals surface area contributed by atoms with E-state index in [1.54, 1.807) is 23.0 Å². The molecule has 1 aliphatic rings. The van der Waals surface area contributed by atoms with Crippen molar-refractivity contribution < 1.29 is 14.9 Å². The van der Waals surface area contributed by atoms with Crippen LogP contribution in [0.1, 0.15) is 11.8 Å². The summed E-state index contributed by atoms with van der Waals surface area (Å²) in [5.74, 6) is 0. The van der Waals surface area contributed by atoms with Crippen LogP contribution in [0.3, 0.4) is 0 Å². The van der Waals surface area contributed by atoms with Gasteiger partial charge in [0.25, 0.3) is 0 Å². The van der Waals surface area contributed by atoms with Gasteiger partial charge in [-0.2, -0.15) is 0 Å². The van der Waals surface area contributed by atoms with E-state index in [-0.39, 0.29) is 6.61 Å². The molecular weight excluding hydrogens is 258 g/mol. The molecule has 3 rings (SSSR count). The zero-order valence-electron chi connectivity index (χ0n) is 10.7. The van der Waals surface area contributed by atoms with Gasteiger partial charge in [0, 0.05) is 0 Å². The van der Waals surface area contributed by atoms with Crippen molar-refractivity contribution in [1.82, 2.24) is 15.0 Å². The monoisotopic (exact) mass is 273 g/mol. The minimum Gasteiger partial charge on any atom is -0.394 e. The summed E-state index contributed by atoms with van der Waals surface area (Å²) in [4.78, 5) is 0. The van der Waals surface area contributed by atoms with Crippen molar-refractivity contribution in [3.63, 3.8) is 0 Å². The predicted molar refractivity (Wildman–Crippen MR) is 71.2 cm³/mol. The van der Waals surface area contributed by atoms with Crippen LogP contribution in [0.4, 0.5) is 0 Å². The summed E-state index contributed by atoms with van der Waals surface area (Å²) in [6.45, 7) is -0.241. The molecule has 6 nitrogen and oxygen atoms in total. The third-order valence-corrected chi connectivity index (χ3v) is 3.19. The van der Waals surface area contributed by atoms with Crippen LogP contribution in [0.25, 0.3) is 5.69 Å².